The fourth-order valence-corrected chi connectivity index (χ4v) is 3.04. The maximum atomic E-state index is 4.68. The lowest BCUT2D eigenvalue weighted by atomic mass is 10.2. The van der Waals surface area contributed by atoms with Crippen LogP contribution in [0.4, 0.5) is 5.95 Å². The Morgan fingerprint density at radius 3 is 3.05 bits per heavy atom. The van der Waals surface area contributed by atoms with E-state index in [2.05, 4.69) is 34.0 Å². The van der Waals surface area contributed by atoms with Crippen LogP contribution in [0.3, 0.4) is 0 Å². The summed E-state index contributed by atoms with van der Waals surface area (Å²) in [5, 5.41) is 3.40. The van der Waals surface area contributed by atoms with E-state index in [1.165, 1.54) is 23.5 Å². The SMILES string of the molecule is CCCNCc1cnc(N2CCCSCC2)nc1C. The molecule has 1 aromatic rings. The normalized spacial score (nSPS) is 16.4. The van der Waals surface area contributed by atoms with E-state index >= 15 is 0 Å². The first-order valence-corrected chi connectivity index (χ1v) is 8.32. The molecule has 0 radical (unpaired) electrons. The molecule has 1 aromatic heterocycles. The zero-order chi connectivity index (χ0) is 13.5. The minimum atomic E-state index is 0.871. The summed E-state index contributed by atoms with van der Waals surface area (Å²) < 4.78 is 0. The number of rotatable bonds is 5. The second-order valence-electron chi connectivity index (χ2n) is 4.91. The van der Waals surface area contributed by atoms with Gasteiger partial charge in [-0.1, -0.05) is 6.92 Å². The summed E-state index contributed by atoms with van der Waals surface area (Å²) in [5.41, 5.74) is 2.31. The van der Waals surface area contributed by atoms with Crippen molar-refractivity contribution in [1.82, 2.24) is 15.3 Å². The van der Waals surface area contributed by atoms with Crippen LogP contribution in [0.25, 0.3) is 0 Å². The third kappa shape index (κ3) is 4.35. The molecule has 1 saturated heterocycles. The fraction of sp³-hybridized carbons (Fsp3) is 0.714. The number of aryl methyl sites for hydroxylation is 1. The highest BCUT2D eigenvalue weighted by Crippen LogP contribution is 2.16. The van der Waals surface area contributed by atoms with Gasteiger partial charge in [0.15, 0.2) is 0 Å². The molecule has 1 aliphatic rings. The first kappa shape index (κ1) is 14.6. The van der Waals surface area contributed by atoms with Gasteiger partial charge in [-0.3, -0.25) is 0 Å². The van der Waals surface area contributed by atoms with E-state index in [4.69, 9.17) is 0 Å². The lowest BCUT2D eigenvalue weighted by molar-refractivity contribution is 0.667. The van der Waals surface area contributed by atoms with Gasteiger partial charge < -0.3 is 10.2 Å². The molecule has 2 heterocycles. The highest BCUT2D eigenvalue weighted by Gasteiger charge is 2.13. The molecule has 0 aliphatic carbocycles. The molecule has 1 aliphatic heterocycles. The molecule has 0 amide bonds. The molecule has 0 spiro atoms. The second-order valence-corrected chi connectivity index (χ2v) is 6.14. The van der Waals surface area contributed by atoms with Crippen molar-refractivity contribution in [2.24, 2.45) is 0 Å². The first-order valence-electron chi connectivity index (χ1n) is 7.17. The summed E-state index contributed by atoms with van der Waals surface area (Å²) in [7, 11) is 0. The van der Waals surface area contributed by atoms with Gasteiger partial charge in [0, 0.05) is 42.8 Å². The molecule has 106 valence electrons. The van der Waals surface area contributed by atoms with Gasteiger partial charge in [0.05, 0.1) is 0 Å². The Morgan fingerprint density at radius 2 is 2.26 bits per heavy atom. The number of hydrogen-bond acceptors (Lipinski definition) is 5. The average Bonchev–Trinajstić information content (AvgIpc) is 2.70. The molecular formula is C14H24N4S. The maximum Gasteiger partial charge on any atom is 0.225 e. The molecule has 1 N–H and O–H groups in total. The van der Waals surface area contributed by atoms with Gasteiger partial charge in [-0.2, -0.15) is 11.8 Å². The standard InChI is InChI=1S/C14H24N4S/c1-3-5-15-10-13-11-16-14(17-12(13)2)18-6-4-8-19-9-7-18/h11,15H,3-10H2,1-2H3. The second kappa shape index (κ2) is 7.70. The summed E-state index contributed by atoms with van der Waals surface area (Å²) in [6.45, 7) is 8.33. The van der Waals surface area contributed by atoms with Gasteiger partial charge in [-0.25, -0.2) is 9.97 Å². The molecule has 2 rings (SSSR count). The first-order chi connectivity index (χ1) is 9.31. The largest absolute Gasteiger partial charge is 0.340 e. The Morgan fingerprint density at radius 1 is 1.37 bits per heavy atom. The highest BCUT2D eigenvalue weighted by atomic mass is 32.2. The van der Waals surface area contributed by atoms with Gasteiger partial charge in [0.1, 0.15) is 0 Å². The summed E-state index contributed by atoms with van der Waals surface area (Å²) in [4.78, 5) is 11.5. The lowest BCUT2D eigenvalue weighted by Gasteiger charge is -2.20. The molecule has 5 heteroatoms. The molecule has 0 atom stereocenters. The smallest absolute Gasteiger partial charge is 0.225 e. The number of nitrogens with zero attached hydrogens (tertiary/aromatic N) is 3. The van der Waals surface area contributed by atoms with Crippen molar-refractivity contribution in [1.29, 1.82) is 0 Å². The van der Waals surface area contributed by atoms with E-state index in [9.17, 15) is 0 Å². The zero-order valence-electron chi connectivity index (χ0n) is 12.0. The Hall–Kier alpha value is -0.810. The number of anilines is 1. The molecule has 1 fully saturated rings. The van der Waals surface area contributed by atoms with Crippen LogP contribution in [-0.4, -0.2) is 41.1 Å². The van der Waals surface area contributed by atoms with E-state index in [1.807, 2.05) is 18.0 Å². The monoisotopic (exact) mass is 280 g/mol. The van der Waals surface area contributed by atoms with Crippen LogP contribution in [0, 0.1) is 6.92 Å². The van der Waals surface area contributed by atoms with Crippen molar-refractivity contribution in [3.63, 3.8) is 0 Å². The highest BCUT2D eigenvalue weighted by molar-refractivity contribution is 7.99. The van der Waals surface area contributed by atoms with E-state index in [0.717, 1.165) is 44.2 Å². The predicted molar refractivity (Wildman–Crippen MR) is 82.9 cm³/mol. The summed E-state index contributed by atoms with van der Waals surface area (Å²) in [6.07, 6.45) is 4.37. The molecule has 19 heavy (non-hydrogen) atoms. The summed E-state index contributed by atoms with van der Waals surface area (Å²) in [6, 6.07) is 0. The topological polar surface area (TPSA) is 41.1 Å². The third-order valence-electron chi connectivity index (χ3n) is 3.32. The predicted octanol–water partition coefficient (Wildman–Crippen LogP) is 2.23. The van der Waals surface area contributed by atoms with E-state index in [0.29, 0.717) is 0 Å². The van der Waals surface area contributed by atoms with Gasteiger partial charge in [0.25, 0.3) is 0 Å². The van der Waals surface area contributed by atoms with Gasteiger partial charge in [0.2, 0.25) is 5.95 Å². The lowest BCUT2D eigenvalue weighted by Crippen LogP contribution is -2.28. The Kier molecular flexibility index (Phi) is 5.92. The van der Waals surface area contributed by atoms with Crippen LogP contribution < -0.4 is 10.2 Å². The molecule has 0 unspecified atom stereocenters. The number of aromatic nitrogens is 2. The summed E-state index contributed by atoms with van der Waals surface area (Å²) in [5.74, 6) is 3.34. The number of nitrogens with one attached hydrogen (secondary N) is 1. The van der Waals surface area contributed by atoms with Crippen LogP contribution in [0.5, 0.6) is 0 Å². The Balaban J connectivity index is 2.00. The van der Waals surface area contributed by atoms with Crippen LogP contribution in [0.15, 0.2) is 6.20 Å². The molecular weight excluding hydrogens is 256 g/mol. The third-order valence-corrected chi connectivity index (χ3v) is 4.36. The van der Waals surface area contributed by atoms with Crippen LogP contribution in [0.1, 0.15) is 31.0 Å². The average molecular weight is 280 g/mol. The zero-order valence-corrected chi connectivity index (χ0v) is 12.8. The van der Waals surface area contributed by atoms with Gasteiger partial charge in [-0.05, 0) is 32.1 Å². The Bertz CT molecular complexity index is 389. The van der Waals surface area contributed by atoms with Crippen molar-refractivity contribution in [3.8, 4) is 0 Å². The minimum Gasteiger partial charge on any atom is -0.340 e. The number of thioether (sulfide) groups is 1. The molecule has 0 aromatic carbocycles. The van der Waals surface area contributed by atoms with E-state index in [-0.39, 0.29) is 0 Å². The van der Waals surface area contributed by atoms with Crippen molar-refractivity contribution < 1.29 is 0 Å². The molecule has 0 saturated carbocycles. The van der Waals surface area contributed by atoms with Crippen LogP contribution >= 0.6 is 11.8 Å². The van der Waals surface area contributed by atoms with E-state index < -0.39 is 0 Å². The molecule has 0 bridgehead atoms. The Labute approximate surface area is 120 Å². The number of hydrogen-bond donors (Lipinski definition) is 1. The molecule has 4 nitrogen and oxygen atoms in total. The van der Waals surface area contributed by atoms with Crippen molar-refractivity contribution in [2.45, 2.75) is 33.2 Å². The van der Waals surface area contributed by atoms with Gasteiger partial charge >= 0.3 is 0 Å². The fourth-order valence-electron chi connectivity index (χ4n) is 2.15. The van der Waals surface area contributed by atoms with Crippen molar-refractivity contribution in [3.05, 3.63) is 17.5 Å². The van der Waals surface area contributed by atoms with E-state index in [1.54, 1.807) is 0 Å². The maximum absolute atomic E-state index is 4.68. The summed E-state index contributed by atoms with van der Waals surface area (Å²) >= 11 is 2.03. The van der Waals surface area contributed by atoms with Crippen LogP contribution in [-0.2, 0) is 6.54 Å². The minimum absolute atomic E-state index is 0.871. The van der Waals surface area contributed by atoms with Crippen molar-refractivity contribution >= 4 is 17.7 Å². The quantitative estimate of drug-likeness (QED) is 0.838. The van der Waals surface area contributed by atoms with Crippen LogP contribution in [0.2, 0.25) is 0 Å². The van der Waals surface area contributed by atoms with Crippen molar-refractivity contribution in [2.75, 3.05) is 36.0 Å². The van der Waals surface area contributed by atoms with Gasteiger partial charge in [-0.15, -0.1) is 0 Å².